The van der Waals surface area contributed by atoms with Crippen molar-refractivity contribution < 1.29 is 28.0 Å². The summed E-state index contributed by atoms with van der Waals surface area (Å²) in [5, 5.41) is 2.81. The van der Waals surface area contributed by atoms with Gasteiger partial charge in [0.25, 0.3) is 11.8 Å². The number of imide groups is 1. The normalized spacial score (nSPS) is 22.0. The first-order valence-corrected chi connectivity index (χ1v) is 11.9. The van der Waals surface area contributed by atoms with Crippen molar-refractivity contribution in [2.24, 2.45) is 0 Å². The van der Waals surface area contributed by atoms with E-state index in [-0.39, 0.29) is 25.7 Å². The lowest BCUT2D eigenvalue weighted by Gasteiger charge is -2.29. The van der Waals surface area contributed by atoms with Gasteiger partial charge in [-0.15, -0.1) is 0 Å². The number of carbonyl (C=O) groups excluding carboxylic acids is 2. The first kappa shape index (κ1) is 21.9. The summed E-state index contributed by atoms with van der Waals surface area (Å²) in [6.07, 6.45) is -0.252. The summed E-state index contributed by atoms with van der Waals surface area (Å²) in [5.41, 5.74) is 7.27. The topological polar surface area (TPSA) is 111 Å². The van der Waals surface area contributed by atoms with Gasteiger partial charge >= 0.3 is 7.60 Å². The van der Waals surface area contributed by atoms with Gasteiger partial charge in [0.15, 0.2) is 0 Å². The summed E-state index contributed by atoms with van der Waals surface area (Å²) in [7, 11) is -1.80. The summed E-state index contributed by atoms with van der Waals surface area (Å²) in [6.45, 7) is 3.97. The summed E-state index contributed by atoms with van der Waals surface area (Å²) in [6, 6.07) is 8.64. The van der Waals surface area contributed by atoms with Gasteiger partial charge < -0.3 is 14.8 Å². The summed E-state index contributed by atoms with van der Waals surface area (Å²) in [5.74, 6) is -1.44. The second-order valence-electron chi connectivity index (χ2n) is 7.56. The van der Waals surface area contributed by atoms with Crippen molar-refractivity contribution in [1.82, 2.24) is 9.96 Å². The average molecular weight is 447 g/mol. The van der Waals surface area contributed by atoms with Crippen molar-refractivity contribution >= 4 is 35.9 Å². The van der Waals surface area contributed by atoms with Crippen LogP contribution in [0.2, 0.25) is 0 Å². The molecule has 2 aromatic carbocycles. The molecule has 2 heterocycles. The Kier molecular flexibility index (Phi) is 5.89. The Bertz CT molecular complexity index is 1080. The highest BCUT2D eigenvalue weighted by atomic mass is 31.2. The summed E-state index contributed by atoms with van der Waals surface area (Å²) >= 11 is 0. The fourth-order valence-corrected chi connectivity index (χ4v) is 6.37. The molecule has 4 rings (SSSR count). The maximum Gasteiger partial charge on any atom is 0.350 e. The zero-order chi connectivity index (χ0) is 22.3. The van der Waals surface area contributed by atoms with E-state index < -0.39 is 25.4 Å². The molecule has 0 aromatic heterocycles. The van der Waals surface area contributed by atoms with Gasteiger partial charge in [0.1, 0.15) is 5.78 Å². The lowest BCUT2D eigenvalue weighted by atomic mass is 9.93. The van der Waals surface area contributed by atoms with Gasteiger partial charge in [-0.05, 0) is 37.4 Å². The molecular formula is C21H26N3O6P. The molecule has 31 heavy (non-hydrogen) atoms. The quantitative estimate of drug-likeness (QED) is 0.391. The van der Waals surface area contributed by atoms with Crippen LogP contribution in [-0.4, -0.2) is 60.5 Å². The van der Waals surface area contributed by atoms with Crippen LogP contribution in [0.25, 0.3) is 10.8 Å². The first-order chi connectivity index (χ1) is 14.8. The van der Waals surface area contributed by atoms with E-state index in [1.54, 1.807) is 45.2 Å². The molecule has 2 aliphatic heterocycles. The smallest absolute Gasteiger partial charge is 0.350 e. The number of carbonyl (C=O) groups is 2. The fourth-order valence-electron chi connectivity index (χ4n) is 4.29. The molecule has 2 atom stereocenters. The number of rotatable bonds is 7. The van der Waals surface area contributed by atoms with E-state index in [4.69, 9.17) is 19.6 Å². The van der Waals surface area contributed by atoms with Crippen molar-refractivity contribution in [2.45, 2.75) is 32.2 Å². The predicted molar refractivity (Wildman–Crippen MR) is 116 cm³/mol. The van der Waals surface area contributed by atoms with Crippen molar-refractivity contribution in [1.29, 1.82) is 0 Å². The molecule has 0 saturated carbocycles. The second-order valence-corrected chi connectivity index (χ2v) is 9.75. The van der Waals surface area contributed by atoms with E-state index in [1.165, 1.54) is 9.96 Å². The van der Waals surface area contributed by atoms with Gasteiger partial charge in [-0.1, -0.05) is 12.1 Å². The van der Waals surface area contributed by atoms with E-state index in [0.717, 1.165) is 5.39 Å². The van der Waals surface area contributed by atoms with Crippen molar-refractivity contribution in [2.75, 3.05) is 32.5 Å². The van der Waals surface area contributed by atoms with Crippen LogP contribution in [0.15, 0.2) is 30.3 Å². The highest BCUT2D eigenvalue weighted by Crippen LogP contribution is 2.57. The molecule has 166 valence electrons. The highest BCUT2D eigenvalue weighted by Gasteiger charge is 2.47. The molecule has 0 spiro atoms. The highest BCUT2D eigenvalue weighted by molar-refractivity contribution is 7.54. The van der Waals surface area contributed by atoms with Crippen LogP contribution in [0.4, 0.5) is 5.69 Å². The van der Waals surface area contributed by atoms with Crippen LogP contribution in [0, 0.1) is 0 Å². The Morgan fingerprint density at radius 1 is 1.13 bits per heavy atom. The third-order valence-electron chi connectivity index (χ3n) is 5.53. The lowest BCUT2D eigenvalue weighted by Crippen LogP contribution is -2.44. The number of hydrogen-bond donors (Lipinski definition) is 1. The molecule has 1 fully saturated rings. The fraction of sp³-hybridized carbons (Fsp3) is 0.429. The maximum absolute atomic E-state index is 13.2. The number of hydrogen-bond acceptors (Lipinski definition) is 8. The molecule has 2 aliphatic rings. The molecule has 2 N–H and O–H groups in total. The Morgan fingerprint density at radius 3 is 2.48 bits per heavy atom. The Labute approximate surface area is 180 Å². The van der Waals surface area contributed by atoms with Gasteiger partial charge in [0.2, 0.25) is 0 Å². The molecule has 2 amide bonds. The molecule has 2 aromatic rings. The van der Waals surface area contributed by atoms with Crippen molar-refractivity contribution in [3.05, 3.63) is 41.5 Å². The van der Waals surface area contributed by atoms with E-state index in [9.17, 15) is 14.2 Å². The Morgan fingerprint density at radius 2 is 1.81 bits per heavy atom. The number of nitrogen functional groups attached to an aromatic ring is 1. The van der Waals surface area contributed by atoms with Crippen LogP contribution in [0.5, 0.6) is 0 Å². The summed E-state index contributed by atoms with van der Waals surface area (Å²) < 4.78 is 24.1. The number of amides is 2. The SMILES string of the molecule is CCOP(=O)(OCC)[C@@H]1C[C@@H](CN2C(=O)c3cccc4cc(N)cc(c34)C2=O)ON1C. The van der Waals surface area contributed by atoms with Gasteiger partial charge in [-0.3, -0.25) is 23.9 Å². The zero-order valence-corrected chi connectivity index (χ0v) is 18.6. The number of nitrogens with zero attached hydrogens (tertiary/aromatic N) is 2. The third-order valence-corrected chi connectivity index (χ3v) is 8.03. The summed E-state index contributed by atoms with van der Waals surface area (Å²) in [4.78, 5) is 33.3. The van der Waals surface area contributed by atoms with Gasteiger partial charge in [0.05, 0.1) is 31.4 Å². The van der Waals surface area contributed by atoms with Gasteiger partial charge in [-0.2, -0.15) is 5.06 Å². The van der Waals surface area contributed by atoms with Gasteiger partial charge in [0, 0.05) is 30.1 Å². The van der Waals surface area contributed by atoms with Crippen molar-refractivity contribution in [3.8, 4) is 0 Å². The van der Waals surface area contributed by atoms with E-state index in [0.29, 0.717) is 28.6 Å². The first-order valence-electron chi connectivity index (χ1n) is 10.3. The Balaban J connectivity index is 1.60. The number of anilines is 1. The predicted octanol–water partition coefficient (Wildman–Crippen LogP) is 3.25. The molecule has 0 bridgehead atoms. The molecule has 9 nitrogen and oxygen atoms in total. The molecule has 1 saturated heterocycles. The van der Waals surface area contributed by atoms with Crippen LogP contribution in [-0.2, 0) is 18.5 Å². The monoisotopic (exact) mass is 447 g/mol. The van der Waals surface area contributed by atoms with Crippen LogP contribution >= 0.6 is 7.60 Å². The second kappa shape index (κ2) is 8.33. The van der Waals surface area contributed by atoms with Crippen LogP contribution in [0.1, 0.15) is 41.0 Å². The van der Waals surface area contributed by atoms with E-state index in [2.05, 4.69) is 0 Å². The molecule has 10 heteroatoms. The van der Waals surface area contributed by atoms with Crippen LogP contribution < -0.4 is 5.73 Å². The Hall–Kier alpha value is -2.29. The average Bonchev–Trinajstić information content (AvgIpc) is 3.10. The number of nitrogens with two attached hydrogens (primary N) is 1. The minimum Gasteiger partial charge on any atom is -0.399 e. The minimum absolute atomic E-state index is 0.0153. The lowest BCUT2D eigenvalue weighted by molar-refractivity contribution is -0.137. The standard InChI is InChI=1S/C21H26N3O6P/c1-4-28-31(27,29-5-2)18-11-15(30-23(18)3)12-24-20(25)16-8-6-7-13-9-14(22)10-17(19(13)16)21(24)26/h6-10,15,18H,4-5,11-12,22H2,1-3H3/t15-,18+/m0/s1. The maximum atomic E-state index is 13.2. The molecular weight excluding hydrogens is 421 g/mol. The number of benzene rings is 2. The molecule has 0 aliphatic carbocycles. The molecule has 0 radical (unpaired) electrons. The van der Waals surface area contributed by atoms with E-state index in [1.807, 2.05) is 6.07 Å². The van der Waals surface area contributed by atoms with E-state index >= 15 is 0 Å². The van der Waals surface area contributed by atoms with Crippen LogP contribution in [0.3, 0.4) is 0 Å². The zero-order valence-electron chi connectivity index (χ0n) is 17.7. The molecule has 0 unspecified atom stereocenters. The number of hydroxylamine groups is 2. The largest absolute Gasteiger partial charge is 0.399 e. The van der Waals surface area contributed by atoms with Gasteiger partial charge in [-0.25, -0.2) is 0 Å². The third kappa shape index (κ3) is 3.77. The minimum atomic E-state index is -3.44. The van der Waals surface area contributed by atoms with Crippen molar-refractivity contribution in [3.63, 3.8) is 0 Å².